The third-order valence-electron chi connectivity index (χ3n) is 5.96. The van der Waals surface area contributed by atoms with E-state index in [1.165, 1.54) is 0 Å². The topological polar surface area (TPSA) is 172 Å². The number of carbonyl (C=O) groups excluding carboxylic acids is 1. The highest BCUT2D eigenvalue weighted by atomic mass is 16.5. The van der Waals surface area contributed by atoms with Gasteiger partial charge in [0.1, 0.15) is 0 Å². The first-order chi connectivity index (χ1) is 18.2. The number of hydrogen-bond acceptors (Lipinski definition) is 10. The molecule has 1 amide bonds. The minimum atomic E-state index is -1.01. The predicted octanol–water partition coefficient (Wildman–Crippen LogP) is -1.59. The molecular formula is C24H45N5O9. The Balaban J connectivity index is 2.66. The lowest BCUT2D eigenvalue weighted by Crippen LogP contribution is -2.50. The number of carboxylic acid groups (broad SMARTS) is 3. The van der Waals surface area contributed by atoms with Crippen molar-refractivity contribution < 1.29 is 44.0 Å². The number of carboxylic acids is 3. The largest absolute Gasteiger partial charge is 0.480 e. The Kier molecular flexibility index (Phi) is 18.2. The van der Waals surface area contributed by atoms with E-state index in [1.807, 2.05) is 4.90 Å². The SMILES string of the molecule is CCCCOCCOCCNC(=O)CN1CCN(CC(=O)O)CCN(CC(=O)O)CCN(CC(=O)O)CC1. The molecule has 1 heterocycles. The number of nitrogens with zero attached hydrogens (tertiary/aromatic N) is 4. The second-order valence-electron chi connectivity index (χ2n) is 9.21. The van der Waals surface area contributed by atoms with Crippen LogP contribution < -0.4 is 5.32 Å². The first-order valence-corrected chi connectivity index (χ1v) is 13.2. The number of rotatable bonds is 17. The average Bonchev–Trinajstić information content (AvgIpc) is 2.83. The lowest BCUT2D eigenvalue weighted by atomic mass is 10.3. The van der Waals surface area contributed by atoms with Gasteiger partial charge in [0, 0.05) is 65.5 Å². The van der Waals surface area contributed by atoms with Gasteiger partial charge in [-0.15, -0.1) is 0 Å². The Hall–Kier alpha value is -2.36. The standard InChI is InChI=1S/C24H45N5O9/c1-2-3-13-37-15-16-38-14-4-25-21(30)17-26-5-7-27(18-22(31)32)9-11-29(20-24(35)36)12-10-28(8-6-26)19-23(33)34/h2-20H2,1H3,(H,25,30)(H,31,32)(H,33,34)(H,35,36). The summed E-state index contributed by atoms with van der Waals surface area (Å²) in [7, 11) is 0. The van der Waals surface area contributed by atoms with Gasteiger partial charge in [0.05, 0.1) is 46.0 Å². The van der Waals surface area contributed by atoms with E-state index in [2.05, 4.69) is 12.2 Å². The van der Waals surface area contributed by atoms with E-state index in [1.54, 1.807) is 14.7 Å². The molecule has 1 rings (SSSR count). The Bertz CT molecular complexity index is 681. The molecule has 0 unspecified atom stereocenters. The van der Waals surface area contributed by atoms with Crippen molar-refractivity contribution in [2.75, 3.05) is 112 Å². The van der Waals surface area contributed by atoms with Gasteiger partial charge in [-0.25, -0.2) is 0 Å². The first kappa shape index (κ1) is 33.7. The zero-order valence-electron chi connectivity index (χ0n) is 22.5. The van der Waals surface area contributed by atoms with Gasteiger partial charge >= 0.3 is 17.9 Å². The monoisotopic (exact) mass is 547 g/mol. The highest BCUT2D eigenvalue weighted by molar-refractivity contribution is 5.78. The van der Waals surface area contributed by atoms with Gasteiger partial charge in [0.2, 0.25) is 5.91 Å². The van der Waals surface area contributed by atoms with Crippen LogP contribution in [0, 0.1) is 0 Å². The molecule has 0 atom stereocenters. The summed E-state index contributed by atoms with van der Waals surface area (Å²) >= 11 is 0. The van der Waals surface area contributed by atoms with Crippen molar-refractivity contribution in [3.63, 3.8) is 0 Å². The fraction of sp³-hybridized carbons (Fsp3) is 0.833. The van der Waals surface area contributed by atoms with Gasteiger partial charge in [-0.05, 0) is 6.42 Å². The summed E-state index contributed by atoms with van der Waals surface area (Å²) < 4.78 is 10.9. The van der Waals surface area contributed by atoms with E-state index in [9.17, 15) is 34.5 Å². The zero-order chi connectivity index (χ0) is 28.2. The third kappa shape index (κ3) is 18.0. The molecule has 1 aliphatic heterocycles. The molecule has 0 saturated carbocycles. The Morgan fingerprint density at radius 1 is 0.605 bits per heavy atom. The molecule has 0 aliphatic carbocycles. The quantitative estimate of drug-likeness (QED) is 0.154. The second kappa shape index (κ2) is 20.6. The van der Waals surface area contributed by atoms with Crippen molar-refractivity contribution in [2.24, 2.45) is 0 Å². The van der Waals surface area contributed by atoms with Crippen LogP contribution in [0.3, 0.4) is 0 Å². The summed E-state index contributed by atoms with van der Waals surface area (Å²) in [6, 6.07) is 0. The highest BCUT2D eigenvalue weighted by Crippen LogP contribution is 2.01. The van der Waals surface area contributed by atoms with Crippen molar-refractivity contribution in [3.05, 3.63) is 0 Å². The Morgan fingerprint density at radius 2 is 0.974 bits per heavy atom. The predicted molar refractivity (Wildman–Crippen MR) is 138 cm³/mol. The van der Waals surface area contributed by atoms with E-state index in [4.69, 9.17) is 9.47 Å². The van der Waals surface area contributed by atoms with E-state index in [0.29, 0.717) is 85.3 Å². The number of ether oxygens (including phenoxy) is 2. The third-order valence-corrected chi connectivity index (χ3v) is 5.96. The van der Waals surface area contributed by atoms with Crippen LogP contribution in [0.5, 0.6) is 0 Å². The van der Waals surface area contributed by atoms with Gasteiger partial charge in [-0.1, -0.05) is 13.3 Å². The van der Waals surface area contributed by atoms with Crippen LogP contribution >= 0.6 is 0 Å². The van der Waals surface area contributed by atoms with E-state index >= 15 is 0 Å². The molecule has 0 aromatic heterocycles. The van der Waals surface area contributed by atoms with Gasteiger partial charge in [0.25, 0.3) is 0 Å². The van der Waals surface area contributed by atoms with Crippen molar-refractivity contribution in [1.29, 1.82) is 0 Å². The van der Waals surface area contributed by atoms with Crippen LogP contribution in [0.2, 0.25) is 0 Å². The molecule has 0 aromatic rings. The number of unbranched alkanes of at least 4 members (excludes halogenated alkanes) is 1. The molecule has 0 aromatic carbocycles. The Labute approximate surface area is 224 Å². The maximum Gasteiger partial charge on any atom is 0.317 e. The molecule has 0 radical (unpaired) electrons. The molecular weight excluding hydrogens is 502 g/mol. The van der Waals surface area contributed by atoms with Crippen molar-refractivity contribution in [3.8, 4) is 0 Å². The second-order valence-corrected chi connectivity index (χ2v) is 9.21. The van der Waals surface area contributed by atoms with Crippen LogP contribution in [-0.4, -0.2) is 170 Å². The summed E-state index contributed by atoms with van der Waals surface area (Å²) in [5.74, 6) is -3.19. The molecule has 14 heteroatoms. The molecule has 1 fully saturated rings. The van der Waals surface area contributed by atoms with E-state index < -0.39 is 17.9 Å². The molecule has 4 N–H and O–H groups in total. The number of hydrogen-bond donors (Lipinski definition) is 4. The Morgan fingerprint density at radius 3 is 1.34 bits per heavy atom. The van der Waals surface area contributed by atoms with Crippen LogP contribution in [0.1, 0.15) is 19.8 Å². The lowest BCUT2D eigenvalue weighted by molar-refractivity contribution is -0.140. The minimum absolute atomic E-state index is 0.0765. The summed E-state index contributed by atoms with van der Waals surface area (Å²) in [4.78, 5) is 53.5. The fourth-order valence-electron chi connectivity index (χ4n) is 3.87. The minimum Gasteiger partial charge on any atom is -0.480 e. The van der Waals surface area contributed by atoms with Crippen molar-refractivity contribution >= 4 is 23.8 Å². The van der Waals surface area contributed by atoms with Crippen LogP contribution in [0.4, 0.5) is 0 Å². The number of aliphatic carboxylic acids is 3. The van der Waals surface area contributed by atoms with Crippen molar-refractivity contribution in [1.82, 2.24) is 24.9 Å². The van der Waals surface area contributed by atoms with E-state index in [-0.39, 0.29) is 32.1 Å². The lowest BCUT2D eigenvalue weighted by Gasteiger charge is -2.32. The molecule has 1 saturated heterocycles. The maximum atomic E-state index is 12.5. The average molecular weight is 548 g/mol. The number of carbonyl (C=O) groups is 4. The van der Waals surface area contributed by atoms with Crippen LogP contribution in [-0.2, 0) is 28.7 Å². The maximum absolute atomic E-state index is 12.5. The zero-order valence-corrected chi connectivity index (χ0v) is 22.5. The molecule has 14 nitrogen and oxygen atoms in total. The first-order valence-electron chi connectivity index (χ1n) is 13.2. The fourth-order valence-corrected chi connectivity index (χ4v) is 3.87. The van der Waals surface area contributed by atoms with Crippen LogP contribution in [0.25, 0.3) is 0 Å². The van der Waals surface area contributed by atoms with E-state index in [0.717, 1.165) is 12.8 Å². The van der Waals surface area contributed by atoms with Crippen molar-refractivity contribution in [2.45, 2.75) is 19.8 Å². The molecule has 0 bridgehead atoms. The van der Waals surface area contributed by atoms with Gasteiger partial charge in [-0.2, -0.15) is 0 Å². The highest BCUT2D eigenvalue weighted by Gasteiger charge is 2.21. The summed E-state index contributed by atoms with van der Waals surface area (Å²) in [5.41, 5.74) is 0. The normalized spacial score (nSPS) is 17.4. The molecule has 38 heavy (non-hydrogen) atoms. The summed E-state index contributed by atoms with van der Waals surface area (Å²) in [6.07, 6.45) is 2.09. The smallest absolute Gasteiger partial charge is 0.317 e. The summed E-state index contributed by atoms with van der Waals surface area (Å²) in [6.45, 7) is 6.74. The van der Waals surface area contributed by atoms with Gasteiger partial charge in [-0.3, -0.25) is 38.8 Å². The number of amides is 1. The molecule has 1 aliphatic rings. The molecule has 220 valence electrons. The van der Waals surface area contributed by atoms with Gasteiger partial charge < -0.3 is 30.1 Å². The van der Waals surface area contributed by atoms with Crippen LogP contribution in [0.15, 0.2) is 0 Å². The molecule has 0 spiro atoms. The summed E-state index contributed by atoms with van der Waals surface area (Å²) in [5, 5.41) is 30.6. The van der Waals surface area contributed by atoms with Gasteiger partial charge in [0.15, 0.2) is 0 Å². The number of nitrogens with one attached hydrogen (secondary N) is 1.